The summed E-state index contributed by atoms with van der Waals surface area (Å²) in [4.78, 5) is 14.8. The third-order valence-electron chi connectivity index (χ3n) is 4.54. The number of aromatic nitrogens is 1. The Labute approximate surface area is 141 Å². The lowest BCUT2D eigenvalue weighted by atomic mass is 9.88. The number of rotatable bonds is 2. The SMILES string of the molecule is CC1C[C@@H](C)N(C(=O)c2cc(-c3ccccc3Cl)on2)[C@H](C)C1. The average molecular weight is 333 g/mol. The van der Waals surface area contributed by atoms with E-state index < -0.39 is 0 Å². The maximum Gasteiger partial charge on any atom is 0.276 e. The van der Waals surface area contributed by atoms with Crippen LogP contribution in [-0.4, -0.2) is 28.0 Å². The molecule has 122 valence electrons. The minimum absolute atomic E-state index is 0.0704. The molecule has 3 rings (SSSR count). The van der Waals surface area contributed by atoms with Gasteiger partial charge in [-0.15, -0.1) is 0 Å². The molecule has 0 spiro atoms. The maximum absolute atomic E-state index is 12.8. The molecule has 1 aliphatic heterocycles. The van der Waals surface area contributed by atoms with Crippen molar-refractivity contribution in [3.05, 3.63) is 41.0 Å². The summed E-state index contributed by atoms with van der Waals surface area (Å²) >= 11 is 6.18. The molecule has 1 saturated heterocycles. The molecule has 1 amide bonds. The maximum atomic E-state index is 12.8. The lowest BCUT2D eigenvalue weighted by Gasteiger charge is -2.41. The molecule has 1 aromatic carbocycles. The van der Waals surface area contributed by atoms with Crippen molar-refractivity contribution in [1.29, 1.82) is 0 Å². The molecule has 23 heavy (non-hydrogen) atoms. The molecule has 2 heterocycles. The lowest BCUT2D eigenvalue weighted by Crippen LogP contribution is -2.49. The molecule has 4 nitrogen and oxygen atoms in total. The third-order valence-corrected chi connectivity index (χ3v) is 4.87. The van der Waals surface area contributed by atoms with Crippen LogP contribution in [-0.2, 0) is 0 Å². The highest BCUT2D eigenvalue weighted by Crippen LogP contribution is 2.31. The van der Waals surface area contributed by atoms with E-state index in [0.717, 1.165) is 18.4 Å². The zero-order valence-corrected chi connectivity index (χ0v) is 14.4. The van der Waals surface area contributed by atoms with Crippen LogP contribution in [0.25, 0.3) is 11.3 Å². The largest absolute Gasteiger partial charge is 0.355 e. The van der Waals surface area contributed by atoms with Crippen molar-refractivity contribution in [3.8, 4) is 11.3 Å². The fourth-order valence-corrected chi connectivity index (χ4v) is 3.85. The molecule has 0 aliphatic carbocycles. The Bertz CT molecular complexity index is 701. The molecular weight excluding hydrogens is 312 g/mol. The van der Waals surface area contributed by atoms with Gasteiger partial charge in [0.15, 0.2) is 11.5 Å². The second-order valence-electron chi connectivity index (χ2n) is 6.54. The number of nitrogens with zero attached hydrogens (tertiary/aromatic N) is 2. The smallest absolute Gasteiger partial charge is 0.276 e. The van der Waals surface area contributed by atoms with Crippen molar-refractivity contribution in [2.45, 2.75) is 45.7 Å². The first-order valence-electron chi connectivity index (χ1n) is 8.01. The van der Waals surface area contributed by atoms with Crippen LogP contribution in [0.1, 0.15) is 44.1 Å². The van der Waals surface area contributed by atoms with Gasteiger partial charge in [0.05, 0.1) is 5.02 Å². The van der Waals surface area contributed by atoms with Crippen LogP contribution >= 0.6 is 11.6 Å². The first kappa shape index (κ1) is 16.1. The van der Waals surface area contributed by atoms with Gasteiger partial charge < -0.3 is 9.42 Å². The summed E-state index contributed by atoms with van der Waals surface area (Å²) < 4.78 is 5.35. The summed E-state index contributed by atoms with van der Waals surface area (Å²) in [7, 11) is 0. The monoisotopic (exact) mass is 332 g/mol. The molecule has 1 aliphatic rings. The fraction of sp³-hybridized carbons (Fsp3) is 0.444. The Balaban J connectivity index is 1.85. The number of piperidine rings is 1. The first-order chi connectivity index (χ1) is 11.0. The molecule has 0 radical (unpaired) electrons. The van der Waals surface area contributed by atoms with E-state index in [9.17, 15) is 4.79 Å². The number of carbonyl (C=O) groups excluding carboxylic acids is 1. The van der Waals surface area contributed by atoms with Crippen LogP contribution in [0.2, 0.25) is 5.02 Å². The summed E-state index contributed by atoms with van der Waals surface area (Å²) in [6, 6.07) is 9.47. The number of hydrogen-bond donors (Lipinski definition) is 0. The van der Waals surface area contributed by atoms with E-state index in [1.807, 2.05) is 23.1 Å². The van der Waals surface area contributed by atoms with Crippen LogP contribution in [0, 0.1) is 5.92 Å². The highest BCUT2D eigenvalue weighted by molar-refractivity contribution is 6.33. The van der Waals surface area contributed by atoms with Crippen LogP contribution in [0.15, 0.2) is 34.9 Å². The van der Waals surface area contributed by atoms with Crippen molar-refractivity contribution in [2.75, 3.05) is 0 Å². The number of carbonyl (C=O) groups is 1. The summed E-state index contributed by atoms with van der Waals surface area (Å²) in [6.45, 7) is 6.43. The van der Waals surface area contributed by atoms with E-state index in [1.165, 1.54) is 0 Å². The zero-order chi connectivity index (χ0) is 16.6. The van der Waals surface area contributed by atoms with E-state index in [2.05, 4.69) is 25.9 Å². The van der Waals surface area contributed by atoms with Gasteiger partial charge in [-0.25, -0.2) is 0 Å². The van der Waals surface area contributed by atoms with E-state index in [0.29, 0.717) is 22.4 Å². The van der Waals surface area contributed by atoms with Crippen LogP contribution in [0.4, 0.5) is 0 Å². The fourth-order valence-electron chi connectivity index (χ4n) is 3.62. The van der Waals surface area contributed by atoms with Gasteiger partial charge in [0.1, 0.15) is 0 Å². The van der Waals surface area contributed by atoms with E-state index in [-0.39, 0.29) is 18.0 Å². The first-order valence-corrected chi connectivity index (χ1v) is 8.39. The molecule has 2 aromatic rings. The Kier molecular flexibility index (Phi) is 4.44. The number of benzene rings is 1. The molecule has 2 atom stereocenters. The second kappa shape index (κ2) is 6.36. The number of likely N-dealkylation sites (tertiary alicyclic amines) is 1. The van der Waals surface area contributed by atoms with Gasteiger partial charge in [0.2, 0.25) is 0 Å². The quantitative estimate of drug-likeness (QED) is 0.804. The predicted octanol–water partition coefficient (Wildman–Crippen LogP) is 4.64. The van der Waals surface area contributed by atoms with Gasteiger partial charge in [0.25, 0.3) is 5.91 Å². The van der Waals surface area contributed by atoms with Gasteiger partial charge in [-0.1, -0.05) is 35.8 Å². The molecule has 0 saturated carbocycles. The summed E-state index contributed by atoms with van der Waals surface area (Å²) in [5.41, 5.74) is 1.09. The van der Waals surface area contributed by atoms with Gasteiger partial charge in [-0.2, -0.15) is 0 Å². The Hall–Kier alpha value is -1.81. The molecule has 5 heteroatoms. The number of hydrogen-bond acceptors (Lipinski definition) is 3. The molecule has 1 aromatic heterocycles. The van der Waals surface area contributed by atoms with Gasteiger partial charge in [0, 0.05) is 23.7 Å². The van der Waals surface area contributed by atoms with Crippen molar-refractivity contribution in [3.63, 3.8) is 0 Å². The predicted molar refractivity (Wildman–Crippen MR) is 90.4 cm³/mol. The van der Waals surface area contributed by atoms with Crippen LogP contribution in [0.3, 0.4) is 0 Å². The number of amides is 1. The van der Waals surface area contributed by atoms with Crippen molar-refractivity contribution in [1.82, 2.24) is 10.1 Å². The summed E-state index contributed by atoms with van der Waals surface area (Å²) in [5, 5.41) is 4.55. The topological polar surface area (TPSA) is 46.3 Å². The van der Waals surface area contributed by atoms with E-state index >= 15 is 0 Å². The number of halogens is 1. The molecule has 0 unspecified atom stereocenters. The van der Waals surface area contributed by atoms with Crippen molar-refractivity contribution >= 4 is 17.5 Å². The van der Waals surface area contributed by atoms with Crippen molar-refractivity contribution in [2.24, 2.45) is 5.92 Å². The molecule has 0 bridgehead atoms. The lowest BCUT2D eigenvalue weighted by molar-refractivity contribution is 0.0424. The van der Waals surface area contributed by atoms with Gasteiger partial charge in [-0.05, 0) is 44.7 Å². The van der Waals surface area contributed by atoms with Gasteiger partial charge in [-0.3, -0.25) is 4.79 Å². The minimum atomic E-state index is -0.0704. The Morgan fingerprint density at radius 1 is 1.22 bits per heavy atom. The van der Waals surface area contributed by atoms with E-state index in [1.54, 1.807) is 12.1 Å². The molecule has 0 N–H and O–H groups in total. The third kappa shape index (κ3) is 3.13. The highest BCUT2D eigenvalue weighted by atomic mass is 35.5. The van der Waals surface area contributed by atoms with Crippen LogP contribution in [0.5, 0.6) is 0 Å². The standard InChI is InChI=1S/C18H21ClN2O2/c1-11-8-12(2)21(13(3)9-11)18(22)16-10-17(23-20-16)14-6-4-5-7-15(14)19/h4-7,10-13H,8-9H2,1-3H3/t12-,13-/m1/s1. The normalized spacial score (nSPS) is 24.7. The zero-order valence-electron chi connectivity index (χ0n) is 13.6. The molecule has 1 fully saturated rings. The van der Waals surface area contributed by atoms with E-state index in [4.69, 9.17) is 16.1 Å². The Morgan fingerprint density at radius 3 is 2.52 bits per heavy atom. The van der Waals surface area contributed by atoms with Crippen molar-refractivity contribution < 1.29 is 9.32 Å². The summed E-state index contributed by atoms with van der Waals surface area (Å²) in [6.07, 6.45) is 2.04. The second-order valence-corrected chi connectivity index (χ2v) is 6.95. The highest BCUT2D eigenvalue weighted by Gasteiger charge is 2.34. The molecular formula is C18H21ClN2O2. The van der Waals surface area contributed by atoms with Crippen LogP contribution < -0.4 is 0 Å². The summed E-state index contributed by atoms with van der Waals surface area (Å²) in [5.74, 6) is 1.09. The minimum Gasteiger partial charge on any atom is -0.355 e. The Morgan fingerprint density at radius 2 is 1.87 bits per heavy atom. The average Bonchev–Trinajstić information content (AvgIpc) is 2.96. The van der Waals surface area contributed by atoms with Gasteiger partial charge >= 0.3 is 0 Å².